The van der Waals surface area contributed by atoms with Crippen molar-refractivity contribution in [1.29, 1.82) is 0 Å². The van der Waals surface area contributed by atoms with Crippen molar-refractivity contribution in [2.45, 2.75) is 26.7 Å². The summed E-state index contributed by atoms with van der Waals surface area (Å²) in [5.41, 5.74) is 6.88. The fraction of sp³-hybridized carbons (Fsp3) is 0.727. The van der Waals surface area contributed by atoms with Gasteiger partial charge >= 0.3 is 0 Å². The molecule has 0 saturated carbocycles. The first-order valence-electron chi connectivity index (χ1n) is 5.27. The minimum absolute atomic E-state index is 0.242. The van der Waals surface area contributed by atoms with Gasteiger partial charge in [0.25, 0.3) is 0 Å². The maximum atomic E-state index is 11.7. The van der Waals surface area contributed by atoms with Crippen LogP contribution in [0.5, 0.6) is 0 Å². The minimum atomic E-state index is 0.242. The molecule has 0 fully saturated rings. The van der Waals surface area contributed by atoms with Crippen LogP contribution in [0.4, 0.5) is 0 Å². The molecule has 0 aromatic carbocycles. The molecule has 1 heterocycles. The van der Waals surface area contributed by atoms with E-state index >= 15 is 0 Å². The summed E-state index contributed by atoms with van der Waals surface area (Å²) >= 11 is 0. The maximum Gasteiger partial charge on any atom is 0.223 e. The molecule has 2 N–H and O–H groups in total. The molecular weight excluding hydrogens is 176 g/mol. The average molecular weight is 196 g/mol. The largest absolute Gasteiger partial charge is 0.339 e. The number of hydrogen-bond donors (Lipinski definition) is 1. The second-order valence-electron chi connectivity index (χ2n) is 4.19. The third-order valence-corrected chi connectivity index (χ3v) is 2.71. The summed E-state index contributed by atoms with van der Waals surface area (Å²) in [6, 6.07) is 0. The number of carbonyl (C=O) groups excluding carboxylic acids is 1. The summed E-state index contributed by atoms with van der Waals surface area (Å²) in [6.07, 6.45) is 3.74. The van der Waals surface area contributed by atoms with Crippen LogP contribution in [0.15, 0.2) is 11.6 Å². The zero-order valence-electron chi connectivity index (χ0n) is 9.12. The van der Waals surface area contributed by atoms with Crippen molar-refractivity contribution in [3.8, 4) is 0 Å². The number of rotatable bonds is 3. The van der Waals surface area contributed by atoms with Crippen LogP contribution in [0.2, 0.25) is 0 Å². The molecule has 0 aromatic rings. The van der Waals surface area contributed by atoms with Crippen LogP contribution < -0.4 is 5.73 Å². The van der Waals surface area contributed by atoms with Gasteiger partial charge in [-0.1, -0.05) is 18.6 Å². The Labute approximate surface area is 86.0 Å². The van der Waals surface area contributed by atoms with Crippen LogP contribution in [0.25, 0.3) is 0 Å². The minimum Gasteiger partial charge on any atom is -0.339 e. The van der Waals surface area contributed by atoms with E-state index in [2.05, 4.69) is 13.0 Å². The number of nitrogens with two attached hydrogens (primary N) is 1. The van der Waals surface area contributed by atoms with Crippen LogP contribution >= 0.6 is 0 Å². The quantitative estimate of drug-likeness (QED) is 0.688. The van der Waals surface area contributed by atoms with E-state index in [1.54, 1.807) is 0 Å². The number of amides is 1. The molecular formula is C11H20N2O. The second-order valence-corrected chi connectivity index (χ2v) is 4.19. The summed E-state index contributed by atoms with van der Waals surface area (Å²) in [7, 11) is 0. The normalized spacial score (nSPS) is 19.1. The zero-order chi connectivity index (χ0) is 10.6. The highest BCUT2D eigenvalue weighted by Gasteiger charge is 2.17. The Morgan fingerprint density at radius 1 is 1.71 bits per heavy atom. The maximum absolute atomic E-state index is 11.7. The molecule has 0 spiro atoms. The van der Waals surface area contributed by atoms with Gasteiger partial charge in [0.2, 0.25) is 5.91 Å². The summed E-state index contributed by atoms with van der Waals surface area (Å²) in [4.78, 5) is 13.6. The Bertz CT molecular complexity index is 235. The summed E-state index contributed by atoms with van der Waals surface area (Å²) < 4.78 is 0. The molecule has 14 heavy (non-hydrogen) atoms. The highest BCUT2D eigenvalue weighted by molar-refractivity contribution is 5.76. The fourth-order valence-electron chi connectivity index (χ4n) is 1.51. The fourth-order valence-corrected chi connectivity index (χ4v) is 1.51. The lowest BCUT2D eigenvalue weighted by Crippen LogP contribution is -2.36. The van der Waals surface area contributed by atoms with Crippen molar-refractivity contribution in [3.05, 3.63) is 11.6 Å². The smallest absolute Gasteiger partial charge is 0.223 e. The summed E-state index contributed by atoms with van der Waals surface area (Å²) in [6.45, 7) is 6.38. The molecule has 3 nitrogen and oxygen atoms in total. The third-order valence-electron chi connectivity index (χ3n) is 2.71. The first-order chi connectivity index (χ1) is 6.63. The van der Waals surface area contributed by atoms with Gasteiger partial charge in [0.1, 0.15) is 0 Å². The Morgan fingerprint density at radius 3 is 2.93 bits per heavy atom. The van der Waals surface area contributed by atoms with Crippen LogP contribution in [-0.4, -0.2) is 30.4 Å². The van der Waals surface area contributed by atoms with E-state index in [1.807, 2.05) is 11.8 Å². The van der Waals surface area contributed by atoms with Crippen LogP contribution in [0, 0.1) is 5.92 Å². The molecule has 0 saturated heterocycles. The van der Waals surface area contributed by atoms with Crippen molar-refractivity contribution in [3.63, 3.8) is 0 Å². The van der Waals surface area contributed by atoms with Crippen LogP contribution in [-0.2, 0) is 4.79 Å². The SMILES string of the molecule is CC1=CCN(C(=O)CC(C)CN)CC1. The van der Waals surface area contributed by atoms with Crippen molar-refractivity contribution in [1.82, 2.24) is 4.90 Å². The molecule has 0 aromatic heterocycles. The van der Waals surface area contributed by atoms with E-state index in [4.69, 9.17) is 5.73 Å². The van der Waals surface area contributed by atoms with Crippen molar-refractivity contribution < 1.29 is 4.79 Å². The predicted octanol–water partition coefficient (Wildman–Crippen LogP) is 1.15. The van der Waals surface area contributed by atoms with Crippen LogP contribution in [0.1, 0.15) is 26.7 Å². The van der Waals surface area contributed by atoms with Gasteiger partial charge in [-0.3, -0.25) is 4.79 Å². The van der Waals surface area contributed by atoms with Gasteiger partial charge in [-0.15, -0.1) is 0 Å². The molecule has 0 radical (unpaired) electrons. The standard InChI is InChI=1S/C11H20N2O/c1-9-3-5-13(6-4-9)11(14)7-10(2)8-12/h3,10H,4-8,12H2,1-2H3. The Hall–Kier alpha value is -0.830. The number of nitrogens with zero attached hydrogens (tertiary/aromatic N) is 1. The average Bonchev–Trinajstić information content (AvgIpc) is 2.18. The molecule has 1 aliphatic heterocycles. The molecule has 1 unspecified atom stereocenters. The molecule has 0 aliphatic carbocycles. The van der Waals surface area contributed by atoms with E-state index in [-0.39, 0.29) is 5.91 Å². The van der Waals surface area contributed by atoms with Gasteiger partial charge in [0, 0.05) is 19.5 Å². The van der Waals surface area contributed by atoms with Crippen molar-refractivity contribution in [2.24, 2.45) is 11.7 Å². The van der Waals surface area contributed by atoms with E-state index in [0.717, 1.165) is 19.5 Å². The second kappa shape index (κ2) is 5.15. The molecule has 1 atom stereocenters. The van der Waals surface area contributed by atoms with E-state index in [1.165, 1.54) is 5.57 Å². The zero-order valence-corrected chi connectivity index (χ0v) is 9.12. The highest BCUT2D eigenvalue weighted by Crippen LogP contribution is 2.12. The molecule has 3 heteroatoms. The first kappa shape index (κ1) is 11.2. The lowest BCUT2D eigenvalue weighted by molar-refractivity contribution is -0.131. The molecule has 0 bridgehead atoms. The lowest BCUT2D eigenvalue weighted by Gasteiger charge is -2.26. The Balaban J connectivity index is 2.39. The van der Waals surface area contributed by atoms with E-state index in [9.17, 15) is 4.79 Å². The molecule has 1 aliphatic rings. The Morgan fingerprint density at radius 2 is 2.43 bits per heavy atom. The van der Waals surface area contributed by atoms with Crippen LogP contribution in [0.3, 0.4) is 0 Å². The monoisotopic (exact) mass is 196 g/mol. The first-order valence-corrected chi connectivity index (χ1v) is 5.27. The third kappa shape index (κ3) is 3.14. The molecule has 1 amide bonds. The Kier molecular flexibility index (Phi) is 4.14. The van der Waals surface area contributed by atoms with Gasteiger partial charge in [-0.25, -0.2) is 0 Å². The topological polar surface area (TPSA) is 46.3 Å². The van der Waals surface area contributed by atoms with Gasteiger partial charge < -0.3 is 10.6 Å². The number of hydrogen-bond acceptors (Lipinski definition) is 2. The summed E-state index contributed by atoms with van der Waals surface area (Å²) in [5, 5.41) is 0. The van der Waals surface area contributed by atoms with Crippen molar-refractivity contribution in [2.75, 3.05) is 19.6 Å². The van der Waals surface area contributed by atoms with E-state index < -0.39 is 0 Å². The van der Waals surface area contributed by atoms with Crippen molar-refractivity contribution >= 4 is 5.91 Å². The van der Waals surface area contributed by atoms with Gasteiger partial charge in [0.05, 0.1) is 0 Å². The van der Waals surface area contributed by atoms with Gasteiger partial charge in [-0.05, 0) is 25.8 Å². The van der Waals surface area contributed by atoms with E-state index in [0.29, 0.717) is 18.9 Å². The van der Waals surface area contributed by atoms with Gasteiger partial charge in [0.15, 0.2) is 0 Å². The predicted molar refractivity (Wildman–Crippen MR) is 57.8 cm³/mol. The lowest BCUT2D eigenvalue weighted by atomic mass is 10.1. The highest BCUT2D eigenvalue weighted by atomic mass is 16.2. The molecule has 80 valence electrons. The van der Waals surface area contributed by atoms with Gasteiger partial charge in [-0.2, -0.15) is 0 Å². The summed E-state index contributed by atoms with van der Waals surface area (Å²) in [5.74, 6) is 0.543. The molecule has 1 rings (SSSR count). The number of carbonyl (C=O) groups is 1.